The van der Waals surface area contributed by atoms with E-state index >= 15 is 0 Å². The van der Waals surface area contributed by atoms with Gasteiger partial charge in [-0.25, -0.2) is 0 Å². The standard InChI is InChI=1S/C13H22O/c1-10-6-5-9-13(3,4)12(10)8-7-11(2)14/h6-8,11-12,14H,5,9H2,1-4H3/b8-7+/t11?,12-/m0/s1. The molecule has 1 nitrogen and oxygen atoms in total. The van der Waals surface area contributed by atoms with Crippen LogP contribution in [0.2, 0.25) is 0 Å². The Bertz CT molecular complexity index is 246. The lowest BCUT2D eigenvalue weighted by molar-refractivity contribution is 0.234. The summed E-state index contributed by atoms with van der Waals surface area (Å²) < 4.78 is 0. The Morgan fingerprint density at radius 3 is 2.71 bits per heavy atom. The molecule has 1 aliphatic rings. The second kappa shape index (κ2) is 4.31. The molecule has 0 saturated carbocycles. The Balaban J connectivity index is 2.81. The van der Waals surface area contributed by atoms with E-state index in [0.717, 1.165) is 0 Å². The van der Waals surface area contributed by atoms with Gasteiger partial charge >= 0.3 is 0 Å². The van der Waals surface area contributed by atoms with Crippen molar-refractivity contribution >= 4 is 0 Å². The molecule has 1 heteroatoms. The van der Waals surface area contributed by atoms with Gasteiger partial charge in [-0.1, -0.05) is 37.6 Å². The van der Waals surface area contributed by atoms with Gasteiger partial charge in [-0.3, -0.25) is 0 Å². The van der Waals surface area contributed by atoms with E-state index in [-0.39, 0.29) is 6.10 Å². The van der Waals surface area contributed by atoms with Crippen LogP contribution >= 0.6 is 0 Å². The third-order valence-electron chi connectivity index (χ3n) is 3.17. The Labute approximate surface area is 87.5 Å². The smallest absolute Gasteiger partial charge is 0.0692 e. The molecule has 0 radical (unpaired) electrons. The molecular weight excluding hydrogens is 172 g/mol. The van der Waals surface area contributed by atoms with E-state index in [1.54, 1.807) is 6.92 Å². The van der Waals surface area contributed by atoms with Gasteiger partial charge in [-0.15, -0.1) is 0 Å². The van der Waals surface area contributed by atoms with Gasteiger partial charge in [0.1, 0.15) is 0 Å². The highest BCUT2D eigenvalue weighted by Crippen LogP contribution is 2.41. The number of rotatable bonds is 2. The molecule has 1 N–H and O–H groups in total. The topological polar surface area (TPSA) is 20.2 Å². The van der Waals surface area contributed by atoms with Gasteiger partial charge in [-0.2, -0.15) is 0 Å². The maximum atomic E-state index is 9.23. The Morgan fingerprint density at radius 2 is 2.21 bits per heavy atom. The average molecular weight is 194 g/mol. The highest BCUT2D eigenvalue weighted by molar-refractivity contribution is 5.19. The molecule has 80 valence electrons. The van der Waals surface area contributed by atoms with Gasteiger partial charge < -0.3 is 5.11 Å². The van der Waals surface area contributed by atoms with Crippen LogP contribution in [0.5, 0.6) is 0 Å². The normalized spacial score (nSPS) is 28.9. The first-order valence-electron chi connectivity index (χ1n) is 5.46. The molecule has 1 aliphatic carbocycles. The molecule has 0 bridgehead atoms. The molecule has 0 amide bonds. The fourth-order valence-corrected chi connectivity index (χ4v) is 2.25. The first kappa shape index (κ1) is 11.5. The van der Waals surface area contributed by atoms with Crippen molar-refractivity contribution in [2.24, 2.45) is 11.3 Å². The van der Waals surface area contributed by atoms with Crippen LogP contribution in [0, 0.1) is 11.3 Å². The fourth-order valence-electron chi connectivity index (χ4n) is 2.25. The zero-order chi connectivity index (χ0) is 10.8. The average Bonchev–Trinajstić information content (AvgIpc) is 2.01. The van der Waals surface area contributed by atoms with Gasteiger partial charge in [0.25, 0.3) is 0 Å². The van der Waals surface area contributed by atoms with Crippen LogP contribution in [0.4, 0.5) is 0 Å². The number of hydrogen-bond acceptors (Lipinski definition) is 1. The van der Waals surface area contributed by atoms with E-state index in [4.69, 9.17) is 0 Å². The molecule has 0 spiro atoms. The maximum Gasteiger partial charge on any atom is 0.0692 e. The summed E-state index contributed by atoms with van der Waals surface area (Å²) in [4.78, 5) is 0. The number of hydrogen-bond donors (Lipinski definition) is 1. The van der Waals surface area contributed by atoms with Crippen molar-refractivity contribution in [3.8, 4) is 0 Å². The predicted molar refractivity (Wildman–Crippen MR) is 61.1 cm³/mol. The van der Waals surface area contributed by atoms with Gasteiger partial charge in [0.05, 0.1) is 6.10 Å². The van der Waals surface area contributed by atoms with E-state index in [9.17, 15) is 5.11 Å². The molecular formula is C13H22O. The Hall–Kier alpha value is -0.560. The largest absolute Gasteiger partial charge is 0.389 e. The van der Waals surface area contributed by atoms with Crippen LogP contribution < -0.4 is 0 Å². The molecule has 0 aromatic heterocycles. The summed E-state index contributed by atoms with van der Waals surface area (Å²) in [5, 5.41) is 9.23. The molecule has 14 heavy (non-hydrogen) atoms. The lowest BCUT2D eigenvalue weighted by atomic mass is 9.68. The zero-order valence-electron chi connectivity index (χ0n) is 9.75. The van der Waals surface area contributed by atoms with Crippen LogP contribution in [0.3, 0.4) is 0 Å². The zero-order valence-corrected chi connectivity index (χ0v) is 9.75. The molecule has 0 aromatic rings. The second-order valence-electron chi connectivity index (χ2n) is 5.08. The lowest BCUT2D eigenvalue weighted by Gasteiger charge is -2.36. The predicted octanol–water partition coefficient (Wildman–Crippen LogP) is 3.31. The van der Waals surface area contributed by atoms with E-state index in [1.807, 2.05) is 6.08 Å². The Kier molecular flexibility index (Phi) is 3.54. The lowest BCUT2D eigenvalue weighted by Crippen LogP contribution is -2.26. The van der Waals surface area contributed by atoms with Gasteiger partial charge in [0.15, 0.2) is 0 Å². The number of aliphatic hydroxyl groups is 1. The molecule has 0 heterocycles. The summed E-state index contributed by atoms with van der Waals surface area (Å²) >= 11 is 0. The van der Waals surface area contributed by atoms with Crippen LogP contribution in [0.25, 0.3) is 0 Å². The van der Waals surface area contributed by atoms with Gasteiger partial charge in [-0.05, 0) is 32.1 Å². The minimum atomic E-state index is -0.333. The van der Waals surface area contributed by atoms with Crippen molar-refractivity contribution in [2.75, 3.05) is 0 Å². The summed E-state index contributed by atoms with van der Waals surface area (Å²) in [6.45, 7) is 8.60. The van der Waals surface area contributed by atoms with Crippen molar-refractivity contribution in [2.45, 2.75) is 46.6 Å². The molecule has 0 aliphatic heterocycles. The van der Waals surface area contributed by atoms with E-state index in [1.165, 1.54) is 18.4 Å². The minimum absolute atomic E-state index is 0.333. The van der Waals surface area contributed by atoms with Crippen molar-refractivity contribution < 1.29 is 5.11 Å². The molecule has 0 fully saturated rings. The van der Waals surface area contributed by atoms with Crippen LogP contribution in [0.1, 0.15) is 40.5 Å². The van der Waals surface area contributed by atoms with Crippen molar-refractivity contribution in [3.05, 3.63) is 23.8 Å². The molecule has 1 unspecified atom stereocenters. The van der Waals surface area contributed by atoms with Gasteiger partial charge in [0, 0.05) is 5.92 Å². The fraction of sp³-hybridized carbons (Fsp3) is 0.692. The van der Waals surface area contributed by atoms with E-state index < -0.39 is 0 Å². The first-order chi connectivity index (χ1) is 6.43. The summed E-state index contributed by atoms with van der Waals surface area (Å²) in [6.07, 6.45) is 8.48. The van der Waals surface area contributed by atoms with Crippen molar-refractivity contribution in [1.82, 2.24) is 0 Å². The van der Waals surface area contributed by atoms with E-state index in [2.05, 4.69) is 32.9 Å². The SMILES string of the molecule is CC1=CCCC(C)(C)[C@H]1/C=C/C(C)O. The first-order valence-corrected chi connectivity index (χ1v) is 5.46. The highest BCUT2D eigenvalue weighted by Gasteiger charge is 2.30. The summed E-state index contributed by atoms with van der Waals surface area (Å²) in [7, 11) is 0. The monoisotopic (exact) mass is 194 g/mol. The highest BCUT2D eigenvalue weighted by atomic mass is 16.3. The van der Waals surface area contributed by atoms with Crippen molar-refractivity contribution in [3.63, 3.8) is 0 Å². The van der Waals surface area contributed by atoms with Crippen LogP contribution in [-0.4, -0.2) is 11.2 Å². The Morgan fingerprint density at radius 1 is 1.57 bits per heavy atom. The second-order valence-corrected chi connectivity index (χ2v) is 5.08. The molecule has 0 aromatic carbocycles. The summed E-state index contributed by atoms with van der Waals surface area (Å²) in [5.41, 5.74) is 1.78. The maximum absolute atomic E-state index is 9.23. The van der Waals surface area contributed by atoms with Gasteiger partial charge in [0.2, 0.25) is 0 Å². The third kappa shape index (κ3) is 2.71. The van der Waals surface area contributed by atoms with E-state index in [0.29, 0.717) is 11.3 Å². The molecule has 2 atom stereocenters. The molecule has 0 saturated heterocycles. The third-order valence-corrected chi connectivity index (χ3v) is 3.17. The minimum Gasteiger partial charge on any atom is -0.389 e. The number of aliphatic hydroxyl groups excluding tert-OH is 1. The molecule has 1 rings (SSSR count). The quantitative estimate of drug-likeness (QED) is 0.669. The summed E-state index contributed by atoms with van der Waals surface area (Å²) in [6, 6.07) is 0. The number of allylic oxidation sites excluding steroid dienone is 3. The summed E-state index contributed by atoms with van der Waals surface area (Å²) in [5.74, 6) is 0.492. The van der Waals surface area contributed by atoms with Crippen LogP contribution in [-0.2, 0) is 0 Å². The van der Waals surface area contributed by atoms with Crippen molar-refractivity contribution in [1.29, 1.82) is 0 Å². The van der Waals surface area contributed by atoms with Crippen LogP contribution in [0.15, 0.2) is 23.8 Å².